The molecular formula is C19H30N4O7. The first-order chi connectivity index (χ1) is 14.3. The molecule has 0 aromatic carbocycles. The van der Waals surface area contributed by atoms with E-state index >= 15 is 0 Å². The largest absolute Gasteiger partial charge is 0.481 e. The number of carboxylic acid groups (broad SMARTS) is 1. The van der Waals surface area contributed by atoms with Crippen LogP contribution in [0.15, 0.2) is 0 Å². The van der Waals surface area contributed by atoms with Gasteiger partial charge in [0.25, 0.3) is 0 Å². The van der Waals surface area contributed by atoms with Gasteiger partial charge in [0.15, 0.2) is 0 Å². The van der Waals surface area contributed by atoms with Crippen LogP contribution >= 0.6 is 0 Å². The number of carbonyl (C=O) groups is 5. The minimum atomic E-state index is -1.03. The fourth-order valence-electron chi connectivity index (χ4n) is 4.06. The zero-order valence-corrected chi connectivity index (χ0v) is 16.9. The van der Waals surface area contributed by atoms with Crippen molar-refractivity contribution in [2.45, 2.75) is 56.7 Å². The van der Waals surface area contributed by atoms with Gasteiger partial charge in [-0.2, -0.15) is 0 Å². The molecule has 30 heavy (non-hydrogen) atoms. The second kappa shape index (κ2) is 11.0. The SMILES string of the molecule is NCCC(CCC(=O)O)C(=O)N1CC(O)CC1C(=O)NCC(=O)N1CCCC1C=O. The molecule has 2 aliphatic heterocycles. The van der Waals surface area contributed by atoms with Crippen LogP contribution in [0.25, 0.3) is 0 Å². The highest BCUT2D eigenvalue weighted by Gasteiger charge is 2.41. The third-order valence-corrected chi connectivity index (χ3v) is 5.63. The number of hydrogen-bond donors (Lipinski definition) is 4. The third kappa shape index (κ3) is 5.99. The smallest absolute Gasteiger partial charge is 0.303 e. The number of nitrogens with one attached hydrogen (secondary N) is 1. The fourth-order valence-corrected chi connectivity index (χ4v) is 4.06. The summed E-state index contributed by atoms with van der Waals surface area (Å²) in [4.78, 5) is 62.4. The second-order valence-electron chi connectivity index (χ2n) is 7.75. The zero-order valence-electron chi connectivity index (χ0n) is 16.9. The van der Waals surface area contributed by atoms with Gasteiger partial charge in [-0.1, -0.05) is 0 Å². The van der Waals surface area contributed by atoms with Crippen LogP contribution in [0.4, 0.5) is 0 Å². The molecule has 4 atom stereocenters. The highest BCUT2D eigenvalue weighted by Crippen LogP contribution is 2.24. The van der Waals surface area contributed by atoms with E-state index in [2.05, 4.69) is 5.32 Å². The average Bonchev–Trinajstić information content (AvgIpc) is 3.34. The number of amides is 3. The molecule has 0 aliphatic carbocycles. The van der Waals surface area contributed by atoms with Gasteiger partial charge in [0.2, 0.25) is 17.7 Å². The van der Waals surface area contributed by atoms with E-state index in [0.717, 1.165) is 12.7 Å². The number of aliphatic hydroxyl groups excluding tert-OH is 1. The maximum absolute atomic E-state index is 12.9. The molecule has 168 valence electrons. The first kappa shape index (κ1) is 23.7. The predicted octanol–water partition coefficient (Wildman–Crippen LogP) is -1.92. The molecule has 0 saturated carbocycles. The van der Waals surface area contributed by atoms with E-state index < -0.39 is 41.9 Å². The molecule has 2 rings (SSSR count). The molecule has 0 aromatic rings. The summed E-state index contributed by atoms with van der Waals surface area (Å²) < 4.78 is 0. The lowest BCUT2D eigenvalue weighted by Gasteiger charge is -2.28. The minimum absolute atomic E-state index is 0.0285. The van der Waals surface area contributed by atoms with E-state index in [1.54, 1.807) is 0 Å². The van der Waals surface area contributed by atoms with Gasteiger partial charge >= 0.3 is 5.97 Å². The van der Waals surface area contributed by atoms with Crippen LogP contribution in [0.3, 0.4) is 0 Å². The van der Waals surface area contributed by atoms with Gasteiger partial charge in [0.1, 0.15) is 12.3 Å². The van der Waals surface area contributed by atoms with Gasteiger partial charge < -0.3 is 35.9 Å². The Kier molecular flexibility index (Phi) is 8.72. The Morgan fingerprint density at radius 1 is 1.20 bits per heavy atom. The van der Waals surface area contributed by atoms with Crippen LogP contribution in [0, 0.1) is 5.92 Å². The van der Waals surface area contributed by atoms with Crippen molar-refractivity contribution in [3.63, 3.8) is 0 Å². The highest BCUT2D eigenvalue weighted by atomic mass is 16.4. The number of aliphatic hydroxyl groups is 1. The molecule has 2 aliphatic rings. The molecule has 2 heterocycles. The molecule has 4 unspecified atom stereocenters. The molecule has 11 heteroatoms. The second-order valence-corrected chi connectivity index (χ2v) is 7.75. The molecule has 2 fully saturated rings. The minimum Gasteiger partial charge on any atom is -0.481 e. The Balaban J connectivity index is 1.98. The number of carboxylic acids is 1. The normalized spacial score (nSPS) is 24.5. The Hall–Kier alpha value is -2.53. The molecule has 5 N–H and O–H groups in total. The summed E-state index contributed by atoms with van der Waals surface area (Å²) in [5, 5.41) is 21.4. The van der Waals surface area contributed by atoms with Crippen LogP contribution in [-0.4, -0.2) is 94.4 Å². The van der Waals surface area contributed by atoms with Crippen molar-refractivity contribution in [1.82, 2.24) is 15.1 Å². The molecule has 3 amide bonds. The first-order valence-electron chi connectivity index (χ1n) is 10.2. The van der Waals surface area contributed by atoms with E-state index in [1.807, 2.05) is 0 Å². The van der Waals surface area contributed by atoms with Crippen molar-refractivity contribution in [3.8, 4) is 0 Å². The maximum atomic E-state index is 12.9. The number of aldehydes is 1. The quantitative estimate of drug-likeness (QED) is 0.293. The summed E-state index contributed by atoms with van der Waals surface area (Å²) >= 11 is 0. The maximum Gasteiger partial charge on any atom is 0.303 e. The van der Waals surface area contributed by atoms with Gasteiger partial charge in [-0.25, -0.2) is 0 Å². The lowest BCUT2D eigenvalue weighted by Crippen LogP contribution is -2.50. The summed E-state index contributed by atoms with van der Waals surface area (Å²) in [6.07, 6.45) is 1.33. The van der Waals surface area contributed by atoms with Crippen LogP contribution in [0.2, 0.25) is 0 Å². The van der Waals surface area contributed by atoms with Crippen molar-refractivity contribution in [2.24, 2.45) is 11.7 Å². The Bertz CT molecular complexity index is 671. The number of hydrogen-bond acceptors (Lipinski definition) is 7. The van der Waals surface area contributed by atoms with E-state index in [9.17, 15) is 29.1 Å². The van der Waals surface area contributed by atoms with Gasteiger partial charge in [-0.15, -0.1) is 0 Å². The molecule has 11 nitrogen and oxygen atoms in total. The molecular weight excluding hydrogens is 396 g/mol. The summed E-state index contributed by atoms with van der Waals surface area (Å²) in [5.74, 6) is -3.07. The Morgan fingerprint density at radius 2 is 1.93 bits per heavy atom. The van der Waals surface area contributed by atoms with Crippen molar-refractivity contribution in [2.75, 3.05) is 26.2 Å². The molecule has 0 aromatic heterocycles. The van der Waals surface area contributed by atoms with Gasteiger partial charge in [-0.3, -0.25) is 19.2 Å². The van der Waals surface area contributed by atoms with Crippen LogP contribution < -0.4 is 11.1 Å². The van der Waals surface area contributed by atoms with Crippen molar-refractivity contribution < 1.29 is 34.2 Å². The summed E-state index contributed by atoms with van der Waals surface area (Å²) in [6, 6.07) is -1.43. The monoisotopic (exact) mass is 426 g/mol. The van der Waals surface area contributed by atoms with E-state index in [-0.39, 0.29) is 51.2 Å². The molecule has 0 spiro atoms. The zero-order chi connectivity index (χ0) is 22.3. The standard InChI is InChI=1S/C19H30N4O7/c20-6-5-12(3-4-17(27)28)19(30)23-10-14(25)8-15(23)18(29)21-9-16(26)22-7-1-2-13(22)11-24/h11-15,25H,1-10,20H2,(H,21,29)(H,27,28). The van der Waals surface area contributed by atoms with E-state index in [4.69, 9.17) is 10.8 Å². The topological polar surface area (TPSA) is 170 Å². The van der Waals surface area contributed by atoms with Gasteiger partial charge in [0, 0.05) is 31.8 Å². The highest BCUT2D eigenvalue weighted by molar-refractivity contribution is 5.92. The van der Waals surface area contributed by atoms with Crippen molar-refractivity contribution in [1.29, 1.82) is 0 Å². The Morgan fingerprint density at radius 3 is 2.57 bits per heavy atom. The molecule has 2 saturated heterocycles. The third-order valence-electron chi connectivity index (χ3n) is 5.63. The Labute approximate surface area is 174 Å². The average molecular weight is 426 g/mol. The number of aliphatic carboxylic acids is 1. The number of carbonyl (C=O) groups excluding carboxylic acids is 4. The van der Waals surface area contributed by atoms with Gasteiger partial charge in [-0.05, 0) is 32.2 Å². The lowest BCUT2D eigenvalue weighted by atomic mass is 9.97. The lowest BCUT2D eigenvalue weighted by molar-refractivity contribution is -0.143. The predicted molar refractivity (Wildman–Crippen MR) is 104 cm³/mol. The summed E-state index contributed by atoms with van der Waals surface area (Å²) in [5.41, 5.74) is 5.54. The summed E-state index contributed by atoms with van der Waals surface area (Å²) in [7, 11) is 0. The molecule has 0 bridgehead atoms. The first-order valence-corrected chi connectivity index (χ1v) is 10.2. The van der Waals surface area contributed by atoms with Gasteiger partial charge in [0.05, 0.1) is 18.7 Å². The van der Waals surface area contributed by atoms with Crippen molar-refractivity contribution >= 4 is 30.0 Å². The number of β-amino-alcohol motifs (C(OH)–C–C–N with tert-alkyl or cyclic N) is 1. The van der Waals surface area contributed by atoms with Crippen LogP contribution in [0.5, 0.6) is 0 Å². The number of rotatable bonds is 10. The number of likely N-dealkylation sites (tertiary alicyclic amines) is 2. The fraction of sp³-hybridized carbons (Fsp3) is 0.737. The van der Waals surface area contributed by atoms with Crippen LogP contribution in [-0.2, 0) is 24.0 Å². The number of nitrogens with zero attached hydrogens (tertiary/aromatic N) is 2. The summed E-state index contributed by atoms with van der Waals surface area (Å²) in [6.45, 7) is 0.294. The van der Waals surface area contributed by atoms with E-state index in [1.165, 1.54) is 9.80 Å². The van der Waals surface area contributed by atoms with Crippen LogP contribution in [0.1, 0.15) is 38.5 Å². The van der Waals surface area contributed by atoms with Crippen molar-refractivity contribution in [3.05, 3.63) is 0 Å². The number of nitrogens with two attached hydrogens (primary N) is 1. The van der Waals surface area contributed by atoms with E-state index in [0.29, 0.717) is 13.0 Å². The molecule has 0 radical (unpaired) electrons.